The van der Waals surface area contributed by atoms with Crippen molar-refractivity contribution in [2.45, 2.75) is 45.3 Å². The Hall–Kier alpha value is -2.63. The van der Waals surface area contributed by atoms with Crippen molar-refractivity contribution < 1.29 is 14.3 Å². The summed E-state index contributed by atoms with van der Waals surface area (Å²) < 4.78 is 13.2. The van der Waals surface area contributed by atoms with Crippen LogP contribution < -0.4 is 0 Å². The summed E-state index contributed by atoms with van der Waals surface area (Å²) in [5, 5.41) is 4.15. The number of carbonyl (C=O) groups excluding carboxylic acids is 1. The molecule has 2 aromatic heterocycles. The fourth-order valence-corrected chi connectivity index (χ4v) is 3.95. The first-order valence-corrected chi connectivity index (χ1v) is 10.5. The average molecular weight is 412 g/mol. The lowest BCUT2D eigenvalue weighted by molar-refractivity contribution is -0.0231. The minimum absolute atomic E-state index is 0.231. The van der Waals surface area contributed by atoms with E-state index < -0.39 is 5.60 Å². The van der Waals surface area contributed by atoms with E-state index in [0.717, 1.165) is 30.6 Å². The van der Waals surface area contributed by atoms with Crippen LogP contribution in [-0.2, 0) is 9.47 Å². The molecule has 0 radical (unpaired) electrons. The van der Waals surface area contributed by atoms with Gasteiger partial charge >= 0.3 is 6.09 Å². The molecule has 1 amide bonds. The molecule has 0 aromatic carbocycles. The van der Waals surface area contributed by atoms with Crippen LogP contribution >= 0.6 is 0 Å². The van der Waals surface area contributed by atoms with Crippen LogP contribution in [0, 0.1) is 17.8 Å². The summed E-state index contributed by atoms with van der Waals surface area (Å²) in [4.78, 5) is 20.9. The van der Waals surface area contributed by atoms with Crippen molar-refractivity contribution in [3.05, 3.63) is 30.2 Å². The number of piperazine rings is 1. The van der Waals surface area contributed by atoms with Crippen molar-refractivity contribution in [1.82, 2.24) is 24.4 Å². The molecule has 160 valence electrons. The number of hydrogen-bond donors (Lipinski definition) is 0. The van der Waals surface area contributed by atoms with E-state index in [0.29, 0.717) is 32.3 Å². The lowest BCUT2D eigenvalue weighted by atomic mass is 9.95. The molecular weight excluding hydrogens is 382 g/mol. The van der Waals surface area contributed by atoms with E-state index in [1.807, 2.05) is 44.0 Å². The first-order valence-electron chi connectivity index (χ1n) is 10.5. The third-order valence-electron chi connectivity index (χ3n) is 5.39. The largest absolute Gasteiger partial charge is 0.444 e. The van der Waals surface area contributed by atoms with Gasteiger partial charge in [0.25, 0.3) is 0 Å². The molecule has 4 heterocycles. The summed E-state index contributed by atoms with van der Waals surface area (Å²) in [6, 6.07) is 4.15. The van der Waals surface area contributed by atoms with Crippen LogP contribution in [0.15, 0.2) is 24.7 Å². The van der Waals surface area contributed by atoms with Gasteiger partial charge in [-0.2, -0.15) is 5.10 Å². The number of fused-ring (bicyclic) bond motifs is 2. The van der Waals surface area contributed by atoms with Crippen LogP contribution in [0.1, 0.15) is 39.2 Å². The Kier molecular flexibility index (Phi) is 5.93. The van der Waals surface area contributed by atoms with Gasteiger partial charge in [-0.05, 0) is 45.2 Å². The molecule has 30 heavy (non-hydrogen) atoms. The zero-order valence-corrected chi connectivity index (χ0v) is 17.9. The fourth-order valence-electron chi connectivity index (χ4n) is 3.95. The number of amides is 1. The van der Waals surface area contributed by atoms with E-state index in [-0.39, 0.29) is 12.1 Å². The van der Waals surface area contributed by atoms with Crippen molar-refractivity contribution in [3.63, 3.8) is 0 Å². The average Bonchev–Trinajstić information content (AvgIpc) is 3.08. The Balaban J connectivity index is 1.38. The van der Waals surface area contributed by atoms with Gasteiger partial charge in [-0.1, -0.05) is 11.8 Å². The quantitative estimate of drug-likeness (QED) is 0.671. The number of aromatic nitrogens is 3. The smallest absolute Gasteiger partial charge is 0.410 e. The monoisotopic (exact) mass is 411 g/mol. The number of nitrogens with zero attached hydrogens (tertiary/aromatic N) is 5. The van der Waals surface area contributed by atoms with Gasteiger partial charge in [-0.3, -0.25) is 4.90 Å². The number of pyridine rings is 1. The molecule has 2 aromatic rings. The summed E-state index contributed by atoms with van der Waals surface area (Å²) in [7, 11) is 0. The van der Waals surface area contributed by atoms with E-state index in [1.165, 1.54) is 6.33 Å². The summed E-state index contributed by atoms with van der Waals surface area (Å²) >= 11 is 0. The Labute approximate surface area is 177 Å². The lowest BCUT2D eigenvalue weighted by Gasteiger charge is -2.40. The van der Waals surface area contributed by atoms with Crippen molar-refractivity contribution in [1.29, 1.82) is 0 Å². The maximum absolute atomic E-state index is 12.5. The maximum atomic E-state index is 12.5. The number of carbonyl (C=O) groups is 1. The Morgan fingerprint density at radius 3 is 3.07 bits per heavy atom. The fraction of sp³-hybridized carbons (Fsp3) is 0.591. The van der Waals surface area contributed by atoms with Crippen molar-refractivity contribution >= 4 is 11.7 Å². The Morgan fingerprint density at radius 1 is 1.37 bits per heavy atom. The molecule has 2 aliphatic rings. The second-order valence-electron chi connectivity index (χ2n) is 8.95. The predicted octanol–water partition coefficient (Wildman–Crippen LogP) is 2.39. The molecule has 4 rings (SSSR count). The van der Waals surface area contributed by atoms with Gasteiger partial charge in [0.05, 0.1) is 18.9 Å². The highest BCUT2D eigenvalue weighted by molar-refractivity contribution is 5.68. The molecular formula is C22H29N5O3. The van der Waals surface area contributed by atoms with Crippen LogP contribution in [-0.4, -0.2) is 75.1 Å². The highest BCUT2D eigenvalue weighted by Gasteiger charge is 2.34. The Bertz CT molecular complexity index is 955. The summed E-state index contributed by atoms with van der Waals surface area (Å²) in [5.74, 6) is 6.87. The first kappa shape index (κ1) is 20.6. The van der Waals surface area contributed by atoms with Gasteiger partial charge in [0.2, 0.25) is 0 Å². The minimum Gasteiger partial charge on any atom is -0.444 e. The minimum atomic E-state index is -0.480. The van der Waals surface area contributed by atoms with Gasteiger partial charge in [-0.15, -0.1) is 0 Å². The summed E-state index contributed by atoms with van der Waals surface area (Å²) in [5.41, 5.74) is 1.17. The maximum Gasteiger partial charge on any atom is 0.410 e. The van der Waals surface area contributed by atoms with E-state index in [1.54, 1.807) is 4.52 Å². The highest BCUT2D eigenvalue weighted by Crippen LogP contribution is 2.24. The van der Waals surface area contributed by atoms with Crippen LogP contribution in [0.3, 0.4) is 0 Å². The second kappa shape index (κ2) is 8.62. The van der Waals surface area contributed by atoms with Crippen LogP contribution in [0.2, 0.25) is 0 Å². The van der Waals surface area contributed by atoms with Crippen LogP contribution in [0.25, 0.3) is 5.65 Å². The second-order valence-corrected chi connectivity index (χ2v) is 8.95. The molecule has 2 saturated heterocycles. The molecule has 2 fully saturated rings. The van der Waals surface area contributed by atoms with Crippen molar-refractivity contribution in [3.8, 4) is 11.8 Å². The molecule has 2 unspecified atom stereocenters. The van der Waals surface area contributed by atoms with E-state index in [9.17, 15) is 4.79 Å². The third-order valence-corrected chi connectivity index (χ3v) is 5.39. The van der Waals surface area contributed by atoms with Crippen LogP contribution in [0.4, 0.5) is 4.79 Å². The number of rotatable bonds is 1. The van der Waals surface area contributed by atoms with Crippen molar-refractivity contribution in [2.75, 3.05) is 33.0 Å². The number of ether oxygens (including phenoxy) is 2. The van der Waals surface area contributed by atoms with Crippen molar-refractivity contribution in [2.24, 2.45) is 5.92 Å². The number of hydrogen-bond acceptors (Lipinski definition) is 6. The van der Waals surface area contributed by atoms with Gasteiger partial charge in [0, 0.05) is 38.3 Å². The topological polar surface area (TPSA) is 72.2 Å². The molecule has 0 saturated carbocycles. The van der Waals surface area contributed by atoms with Gasteiger partial charge < -0.3 is 14.4 Å². The van der Waals surface area contributed by atoms with E-state index >= 15 is 0 Å². The van der Waals surface area contributed by atoms with Gasteiger partial charge in [0.1, 0.15) is 11.9 Å². The first-order chi connectivity index (χ1) is 14.4. The molecule has 0 aliphatic carbocycles. The van der Waals surface area contributed by atoms with E-state index in [2.05, 4.69) is 26.8 Å². The Morgan fingerprint density at radius 2 is 2.23 bits per heavy atom. The zero-order chi connectivity index (χ0) is 21.1. The summed E-state index contributed by atoms with van der Waals surface area (Å²) in [6.07, 6.45) is 4.86. The molecule has 2 atom stereocenters. The molecule has 8 heteroatoms. The summed E-state index contributed by atoms with van der Waals surface area (Å²) in [6.45, 7) is 9.12. The molecule has 8 nitrogen and oxygen atoms in total. The van der Waals surface area contributed by atoms with Gasteiger partial charge in [0.15, 0.2) is 5.65 Å². The molecule has 0 N–H and O–H groups in total. The normalized spacial score (nSPS) is 22.7. The third kappa shape index (κ3) is 4.91. The van der Waals surface area contributed by atoms with E-state index in [4.69, 9.17) is 9.47 Å². The molecule has 0 spiro atoms. The zero-order valence-electron chi connectivity index (χ0n) is 17.9. The molecule has 2 aliphatic heterocycles. The molecule has 0 bridgehead atoms. The predicted molar refractivity (Wildman–Crippen MR) is 112 cm³/mol. The van der Waals surface area contributed by atoms with Gasteiger partial charge in [-0.25, -0.2) is 14.3 Å². The lowest BCUT2D eigenvalue weighted by Crippen LogP contribution is -2.55. The SMILES string of the molecule is CC(C)(C)OC(=O)N1CCN2COCC(CC#Cc3cccn4ncnc34)CC2C1. The van der Waals surface area contributed by atoms with Crippen LogP contribution in [0.5, 0.6) is 0 Å². The standard InChI is InChI=1S/C22H29N5O3/c1-22(2,3)30-21(28)25-10-11-26-16-29-14-17(12-19(26)13-25)6-4-7-18-8-5-9-27-20(18)23-15-24-27/h5,8-9,15,17,19H,6,10-14,16H2,1-3H3. The highest BCUT2D eigenvalue weighted by atomic mass is 16.6.